The van der Waals surface area contributed by atoms with Crippen molar-refractivity contribution >= 4 is 27.2 Å². The molecular formula is C10H14N2O3S2. The van der Waals surface area contributed by atoms with Gasteiger partial charge in [0.05, 0.1) is 17.0 Å². The lowest BCUT2D eigenvalue weighted by molar-refractivity contribution is 0.414. The zero-order valence-electron chi connectivity index (χ0n) is 9.34. The van der Waals surface area contributed by atoms with Gasteiger partial charge in [-0.15, -0.1) is 0 Å². The molecule has 0 spiro atoms. The molecule has 17 heavy (non-hydrogen) atoms. The zero-order valence-corrected chi connectivity index (χ0v) is 11.0. The molecule has 0 atom stereocenters. The van der Waals surface area contributed by atoms with Gasteiger partial charge in [-0.3, -0.25) is 0 Å². The molecule has 0 radical (unpaired) electrons. The minimum absolute atomic E-state index is 0.182. The fraction of sp³-hybridized carbons (Fsp3) is 0.300. The maximum atomic E-state index is 11.8. The Labute approximate surface area is 106 Å². The van der Waals surface area contributed by atoms with Crippen LogP contribution in [0.3, 0.4) is 0 Å². The quantitative estimate of drug-likeness (QED) is 0.744. The van der Waals surface area contributed by atoms with E-state index in [-0.39, 0.29) is 16.4 Å². The molecule has 1 aromatic rings. The minimum Gasteiger partial charge on any atom is -0.497 e. The molecule has 0 bridgehead atoms. The van der Waals surface area contributed by atoms with E-state index in [1.54, 1.807) is 12.1 Å². The summed E-state index contributed by atoms with van der Waals surface area (Å²) in [5, 5.41) is 0. The Morgan fingerprint density at radius 1 is 1.41 bits per heavy atom. The van der Waals surface area contributed by atoms with Crippen molar-refractivity contribution in [2.45, 2.75) is 11.3 Å². The predicted molar refractivity (Wildman–Crippen MR) is 69.6 cm³/mol. The number of methoxy groups -OCH3 is 1. The molecule has 0 amide bonds. The van der Waals surface area contributed by atoms with Crippen LogP contribution >= 0.6 is 12.2 Å². The predicted octanol–water partition coefficient (Wildman–Crippen LogP) is 0.650. The minimum atomic E-state index is -3.50. The maximum Gasteiger partial charge on any atom is 0.240 e. The van der Waals surface area contributed by atoms with Crippen molar-refractivity contribution in [1.82, 2.24) is 4.72 Å². The van der Waals surface area contributed by atoms with E-state index in [9.17, 15) is 8.42 Å². The first-order valence-electron chi connectivity index (χ1n) is 4.88. The summed E-state index contributed by atoms with van der Waals surface area (Å²) < 4.78 is 30.9. The summed E-state index contributed by atoms with van der Waals surface area (Å²) in [7, 11) is -1.98. The van der Waals surface area contributed by atoms with Gasteiger partial charge in [0.15, 0.2) is 0 Å². The summed E-state index contributed by atoms with van der Waals surface area (Å²) in [5.41, 5.74) is 5.28. The molecule has 3 N–H and O–H groups in total. The second-order valence-corrected chi connectivity index (χ2v) is 5.58. The Kier molecular flexibility index (Phi) is 4.86. The summed E-state index contributed by atoms with van der Waals surface area (Å²) in [6.45, 7) is 0.198. The van der Waals surface area contributed by atoms with Gasteiger partial charge in [0.2, 0.25) is 10.0 Å². The van der Waals surface area contributed by atoms with Gasteiger partial charge in [0, 0.05) is 13.0 Å². The lowest BCUT2D eigenvalue weighted by Gasteiger charge is -2.06. The molecule has 5 nitrogen and oxygen atoms in total. The van der Waals surface area contributed by atoms with Crippen molar-refractivity contribution < 1.29 is 13.2 Å². The molecule has 0 aliphatic carbocycles. The average molecular weight is 274 g/mol. The summed E-state index contributed by atoms with van der Waals surface area (Å²) >= 11 is 4.66. The number of ether oxygens (including phenoxy) is 1. The summed E-state index contributed by atoms with van der Waals surface area (Å²) in [6, 6.07) is 6.12. The van der Waals surface area contributed by atoms with Crippen molar-refractivity contribution in [3.63, 3.8) is 0 Å². The summed E-state index contributed by atoms with van der Waals surface area (Å²) in [4.78, 5) is 0.462. The summed E-state index contributed by atoms with van der Waals surface area (Å²) in [5.74, 6) is 0.604. The van der Waals surface area contributed by atoms with E-state index in [0.29, 0.717) is 12.2 Å². The summed E-state index contributed by atoms with van der Waals surface area (Å²) in [6.07, 6.45) is 0.338. The van der Waals surface area contributed by atoms with E-state index in [1.807, 2.05) is 0 Å². The number of thiocarbonyl (C=S) groups is 1. The fourth-order valence-corrected chi connectivity index (χ4v) is 2.28. The number of benzene rings is 1. The molecule has 0 unspecified atom stereocenters. The van der Waals surface area contributed by atoms with Crippen LogP contribution < -0.4 is 15.2 Å². The van der Waals surface area contributed by atoms with E-state index in [4.69, 9.17) is 10.5 Å². The molecular weight excluding hydrogens is 260 g/mol. The van der Waals surface area contributed by atoms with Crippen LogP contribution in [0.25, 0.3) is 0 Å². The molecule has 94 valence electrons. The molecule has 0 saturated carbocycles. The largest absolute Gasteiger partial charge is 0.497 e. The van der Waals surface area contributed by atoms with Crippen molar-refractivity contribution in [3.8, 4) is 5.75 Å². The van der Waals surface area contributed by atoms with Gasteiger partial charge in [-0.05, 0) is 24.3 Å². The second kappa shape index (κ2) is 5.95. The molecule has 0 aliphatic rings. The highest BCUT2D eigenvalue weighted by molar-refractivity contribution is 7.89. The monoisotopic (exact) mass is 274 g/mol. The first-order chi connectivity index (χ1) is 7.95. The third-order valence-corrected chi connectivity index (χ3v) is 3.71. The van der Waals surface area contributed by atoms with Crippen LogP contribution in [0.5, 0.6) is 5.75 Å². The van der Waals surface area contributed by atoms with Gasteiger partial charge < -0.3 is 10.5 Å². The fourth-order valence-electron chi connectivity index (χ4n) is 1.15. The molecule has 1 rings (SSSR count). The van der Waals surface area contributed by atoms with Crippen LogP contribution in [0.4, 0.5) is 0 Å². The second-order valence-electron chi connectivity index (χ2n) is 3.29. The number of hydrogen-bond donors (Lipinski definition) is 2. The topological polar surface area (TPSA) is 81.4 Å². The van der Waals surface area contributed by atoms with Crippen molar-refractivity contribution in [2.75, 3.05) is 13.7 Å². The highest BCUT2D eigenvalue weighted by Gasteiger charge is 2.12. The van der Waals surface area contributed by atoms with E-state index in [2.05, 4.69) is 16.9 Å². The third-order valence-electron chi connectivity index (χ3n) is 2.03. The zero-order chi connectivity index (χ0) is 12.9. The van der Waals surface area contributed by atoms with Crippen LogP contribution in [0, 0.1) is 0 Å². The number of nitrogens with one attached hydrogen (secondary N) is 1. The van der Waals surface area contributed by atoms with Crippen molar-refractivity contribution in [2.24, 2.45) is 5.73 Å². The standard InChI is InChI=1S/C10H14N2O3S2/c1-15-8-2-4-9(5-3-8)17(13,14)12-7-6-10(11)16/h2-5,12H,6-7H2,1H3,(H2,11,16). The first kappa shape index (κ1) is 13.9. The number of nitrogens with two attached hydrogens (primary N) is 1. The number of hydrogen-bond acceptors (Lipinski definition) is 4. The Hall–Kier alpha value is -1.18. The van der Waals surface area contributed by atoms with Crippen molar-refractivity contribution in [3.05, 3.63) is 24.3 Å². The van der Waals surface area contributed by atoms with Crippen LogP contribution in [0.2, 0.25) is 0 Å². The number of sulfonamides is 1. The SMILES string of the molecule is COc1ccc(S(=O)(=O)NCCC(N)=S)cc1. The van der Waals surface area contributed by atoms with Gasteiger partial charge >= 0.3 is 0 Å². The lowest BCUT2D eigenvalue weighted by Crippen LogP contribution is -2.27. The van der Waals surface area contributed by atoms with Gasteiger partial charge in [-0.25, -0.2) is 13.1 Å². The van der Waals surface area contributed by atoms with Crippen LogP contribution in [-0.4, -0.2) is 27.1 Å². The maximum absolute atomic E-state index is 11.8. The Balaban J connectivity index is 2.72. The molecule has 0 aliphatic heterocycles. The normalized spacial score (nSPS) is 11.1. The van der Waals surface area contributed by atoms with Crippen LogP contribution in [0.15, 0.2) is 29.2 Å². The van der Waals surface area contributed by atoms with Gasteiger partial charge in [-0.2, -0.15) is 0 Å². The lowest BCUT2D eigenvalue weighted by atomic mass is 10.3. The van der Waals surface area contributed by atoms with Gasteiger partial charge in [0.25, 0.3) is 0 Å². The highest BCUT2D eigenvalue weighted by atomic mass is 32.2. The smallest absolute Gasteiger partial charge is 0.240 e. The molecule has 0 fully saturated rings. The molecule has 1 aromatic carbocycles. The molecule has 7 heteroatoms. The highest BCUT2D eigenvalue weighted by Crippen LogP contribution is 2.15. The van der Waals surface area contributed by atoms with Gasteiger partial charge in [0.1, 0.15) is 5.75 Å². The average Bonchev–Trinajstić information content (AvgIpc) is 2.28. The Bertz CT molecular complexity index is 483. The van der Waals surface area contributed by atoms with E-state index in [1.165, 1.54) is 19.2 Å². The molecule has 0 aromatic heterocycles. The first-order valence-corrected chi connectivity index (χ1v) is 6.77. The van der Waals surface area contributed by atoms with Gasteiger partial charge in [-0.1, -0.05) is 12.2 Å². The van der Waals surface area contributed by atoms with Crippen LogP contribution in [0.1, 0.15) is 6.42 Å². The number of rotatable bonds is 6. The molecule has 0 heterocycles. The third kappa shape index (κ3) is 4.29. The van der Waals surface area contributed by atoms with Crippen molar-refractivity contribution in [1.29, 1.82) is 0 Å². The van der Waals surface area contributed by atoms with E-state index < -0.39 is 10.0 Å². The van der Waals surface area contributed by atoms with E-state index >= 15 is 0 Å². The van der Waals surface area contributed by atoms with Crippen LogP contribution in [-0.2, 0) is 10.0 Å². The van der Waals surface area contributed by atoms with E-state index in [0.717, 1.165) is 0 Å². The Morgan fingerprint density at radius 2 is 2.00 bits per heavy atom. The molecule has 0 saturated heterocycles. The Morgan fingerprint density at radius 3 is 2.47 bits per heavy atom.